The first-order chi connectivity index (χ1) is 9.90. The SMILES string of the molecule is O=C(O)c1cc(Sc2cccc(Cl)c2[N+](=O)[O-])ccc1Br. The summed E-state index contributed by atoms with van der Waals surface area (Å²) >= 11 is 10.1. The molecule has 0 saturated heterocycles. The number of nitro groups is 1. The molecule has 0 radical (unpaired) electrons. The number of halogens is 2. The third-order valence-electron chi connectivity index (χ3n) is 2.53. The number of hydrogen-bond donors (Lipinski definition) is 1. The van der Waals surface area contributed by atoms with Crippen LogP contribution < -0.4 is 0 Å². The van der Waals surface area contributed by atoms with Gasteiger partial charge in [-0.1, -0.05) is 29.4 Å². The smallest absolute Gasteiger partial charge is 0.336 e. The zero-order valence-electron chi connectivity index (χ0n) is 10.2. The second-order valence-electron chi connectivity index (χ2n) is 3.89. The highest BCUT2D eigenvalue weighted by atomic mass is 79.9. The molecule has 5 nitrogen and oxygen atoms in total. The van der Waals surface area contributed by atoms with Crippen LogP contribution in [0.2, 0.25) is 5.02 Å². The highest BCUT2D eigenvalue weighted by molar-refractivity contribution is 9.10. The fourth-order valence-corrected chi connectivity index (χ4v) is 3.32. The van der Waals surface area contributed by atoms with E-state index in [2.05, 4.69) is 15.9 Å². The van der Waals surface area contributed by atoms with E-state index in [9.17, 15) is 14.9 Å². The minimum absolute atomic E-state index is 0.0422. The molecule has 0 aliphatic carbocycles. The Hall–Kier alpha value is -1.57. The summed E-state index contributed by atoms with van der Waals surface area (Å²) in [5.41, 5.74) is -0.103. The largest absolute Gasteiger partial charge is 0.478 e. The number of hydrogen-bond acceptors (Lipinski definition) is 4. The first-order valence-corrected chi connectivity index (χ1v) is 7.52. The normalized spacial score (nSPS) is 10.4. The molecule has 0 atom stereocenters. The Kier molecular flexibility index (Phi) is 4.87. The van der Waals surface area contributed by atoms with Crippen molar-refractivity contribution in [1.29, 1.82) is 0 Å². The summed E-state index contributed by atoms with van der Waals surface area (Å²) in [6, 6.07) is 9.31. The van der Waals surface area contributed by atoms with Crippen molar-refractivity contribution in [3.8, 4) is 0 Å². The standard InChI is InChI=1S/C13H7BrClNO4S/c14-9-5-4-7(6-8(9)13(17)18)21-11-3-1-2-10(15)12(11)16(19)20/h1-6H,(H,17,18). The van der Waals surface area contributed by atoms with Gasteiger partial charge >= 0.3 is 11.7 Å². The molecule has 2 aromatic rings. The molecule has 21 heavy (non-hydrogen) atoms. The van der Waals surface area contributed by atoms with Crippen molar-refractivity contribution in [1.82, 2.24) is 0 Å². The zero-order chi connectivity index (χ0) is 15.6. The van der Waals surface area contributed by atoms with E-state index >= 15 is 0 Å². The van der Waals surface area contributed by atoms with Crippen LogP contribution in [0.4, 0.5) is 5.69 Å². The summed E-state index contributed by atoms with van der Waals surface area (Å²) in [6.45, 7) is 0. The van der Waals surface area contributed by atoms with E-state index in [-0.39, 0.29) is 16.3 Å². The lowest BCUT2D eigenvalue weighted by atomic mass is 10.2. The summed E-state index contributed by atoms with van der Waals surface area (Å²) in [5.74, 6) is -1.08. The van der Waals surface area contributed by atoms with Crippen molar-refractivity contribution in [3.05, 3.63) is 61.6 Å². The molecule has 0 unspecified atom stereocenters. The van der Waals surface area contributed by atoms with E-state index < -0.39 is 10.9 Å². The van der Waals surface area contributed by atoms with Crippen LogP contribution in [0, 0.1) is 10.1 Å². The molecule has 0 saturated carbocycles. The summed E-state index contributed by atoms with van der Waals surface area (Å²) in [6.07, 6.45) is 0. The van der Waals surface area contributed by atoms with Crippen LogP contribution in [0.1, 0.15) is 10.4 Å². The monoisotopic (exact) mass is 387 g/mol. The molecule has 0 spiro atoms. The Labute approximate surface area is 137 Å². The fraction of sp³-hybridized carbons (Fsp3) is 0. The Morgan fingerprint density at radius 3 is 2.67 bits per heavy atom. The van der Waals surface area contributed by atoms with Gasteiger partial charge in [0.05, 0.1) is 15.4 Å². The van der Waals surface area contributed by atoms with Crippen molar-refractivity contribution in [2.24, 2.45) is 0 Å². The molecule has 108 valence electrons. The van der Waals surface area contributed by atoms with Gasteiger partial charge in [0.15, 0.2) is 0 Å². The quantitative estimate of drug-likeness (QED) is 0.597. The number of benzene rings is 2. The van der Waals surface area contributed by atoms with Gasteiger partial charge in [-0.2, -0.15) is 0 Å². The van der Waals surface area contributed by atoms with Crippen LogP contribution >= 0.6 is 39.3 Å². The third-order valence-corrected chi connectivity index (χ3v) is 4.56. The van der Waals surface area contributed by atoms with Crippen LogP contribution in [0.15, 0.2) is 50.7 Å². The number of nitrogens with zero attached hydrogens (tertiary/aromatic N) is 1. The summed E-state index contributed by atoms with van der Waals surface area (Å²) < 4.78 is 0.444. The van der Waals surface area contributed by atoms with Gasteiger partial charge in [-0.3, -0.25) is 10.1 Å². The third kappa shape index (κ3) is 3.55. The van der Waals surface area contributed by atoms with E-state index in [1.54, 1.807) is 24.3 Å². The minimum atomic E-state index is -1.08. The number of carboxylic acid groups (broad SMARTS) is 1. The minimum Gasteiger partial charge on any atom is -0.478 e. The zero-order valence-corrected chi connectivity index (χ0v) is 13.4. The van der Waals surface area contributed by atoms with E-state index in [1.807, 2.05) is 0 Å². The lowest BCUT2D eigenvalue weighted by Crippen LogP contribution is -1.97. The van der Waals surface area contributed by atoms with Gasteiger partial charge in [-0.25, -0.2) is 4.79 Å². The summed E-state index contributed by atoms with van der Waals surface area (Å²) in [7, 11) is 0. The molecular weight excluding hydrogens is 382 g/mol. The average molecular weight is 389 g/mol. The van der Waals surface area contributed by atoms with Crippen molar-refractivity contribution >= 4 is 50.9 Å². The van der Waals surface area contributed by atoms with Crippen LogP contribution in [0.5, 0.6) is 0 Å². The lowest BCUT2D eigenvalue weighted by Gasteiger charge is -2.06. The van der Waals surface area contributed by atoms with Gasteiger partial charge < -0.3 is 5.11 Å². The maximum absolute atomic E-state index is 11.1. The summed E-state index contributed by atoms with van der Waals surface area (Å²) in [5, 5.41) is 20.2. The topological polar surface area (TPSA) is 80.4 Å². The highest BCUT2D eigenvalue weighted by Gasteiger charge is 2.19. The van der Waals surface area contributed by atoms with Gasteiger partial charge in [0.2, 0.25) is 0 Å². The number of nitro benzene ring substituents is 1. The fourth-order valence-electron chi connectivity index (χ4n) is 1.61. The van der Waals surface area contributed by atoms with Crippen LogP contribution in [0.25, 0.3) is 0 Å². The number of carboxylic acids is 1. The first-order valence-electron chi connectivity index (χ1n) is 5.53. The molecule has 0 aromatic heterocycles. The number of para-hydroxylation sites is 1. The molecule has 1 N–H and O–H groups in total. The van der Waals surface area contributed by atoms with Gasteiger partial charge in [0.1, 0.15) is 5.02 Å². The second kappa shape index (κ2) is 6.46. The number of rotatable bonds is 4. The molecule has 0 fully saturated rings. The van der Waals surface area contributed by atoms with E-state index in [0.717, 1.165) is 11.8 Å². The molecule has 0 heterocycles. The summed E-state index contributed by atoms with van der Waals surface area (Å²) in [4.78, 5) is 22.5. The predicted molar refractivity (Wildman–Crippen MR) is 83.3 cm³/mol. The first kappa shape index (κ1) is 15.8. The molecule has 0 amide bonds. The Balaban J connectivity index is 2.44. The molecule has 0 aliphatic heterocycles. The molecule has 2 aromatic carbocycles. The lowest BCUT2D eigenvalue weighted by molar-refractivity contribution is -0.387. The van der Waals surface area contributed by atoms with Crippen molar-refractivity contribution < 1.29 is 14.8 Å². The van der Waals surface area contributed by atoms with Gasteiger partial charge in [-0.15, -0.1) is 0 Å². The average Bonchev–Trinajstić information content (AvgIpc) is 2.40. The maximum Gasteiger partial charge on any atom is 0.336 e. The Bertz CT molecular complexity index is 738. The molecule has 0 aliphatic rings. The van der Waals surface area contributed by atoms with Crippen LogP contribution in [0.3, 0.4) is 0 Å². The highest BCUT2D eigenvalue weighted by Crippen LogP contribution is 2.39. The molecule has 2 rings (SSSR count). The molecular formula is C13H7BrClNO4S. The number of aromatic carboxylic acids is 1. The maximum atomic E-state index is 11.1. The number of carbonyl (C=O) groups is 1. The van der Waals surface area contributed by atoms with Gasteiger partial charge in [-0.05, 0) is 46.3 Å². The van der Waals surface area contributed by atoms with Crippen molar-refractivity contribution in [2.45, 2.75) is 9.79 Å². The molecule has 8 heteroatoms. The predicted octanol–water partition coefficient (Wildman–Crippen LogP) is 4.86. The molecule has 0 bridgehead atoms. The van der Waals surface area contributed by atoms with Crippen LogP contribution in [-0.4, -0.2) is 16.0 Å². The van der Waals surface area contributed by atoms with E-state index in [1.165, 1.54) is 12.1 Å². The van der Waals surface area contributed by atoms with E-state index in [0.29, 0.717) is 14.3 Å². The second-order valence-corrected chi connectivity index (χ2v) is 6.27. The van der Waals surface area contributed by atoms with Gasteiger partial charge in [0, 0.05) is 9.37 Å². The van der Waals surface area contributed by atoms with Crippen molar-refractivity contribution in [3.63, 3.8) is 0 Å². The van der Waals surface area contributed by atoms with E-state index in [4.69, 9.17) is 16.7 Å². The Morgan fingerprint density at radius 1 is 1.33 bits per heavy atom. The van der Waals surface area contributed by atoms with Crippen molar-refractivity contribution in [2.75, 3.05) is 0 Å². The van der Waals surface area contributed by atoms with Gasteiger partial charge in [0.25, 0.3) is 0 Å². The van der Waals surface area contributed by atoms with Crippen LogP contribution in [-0.2, 0) is 0 Å². The Morgan fingerprint density at radius 2 is 2.05 bits per heavy atom.